The Morgan fingerprint density at radius 3 is 1.81 bits per heavy atom. The normalized spacial score (nSPS) is 22.4. The minimum atomic E-state index is 0.529. The summed E-state index contributed by atoms with van der Waals surface area (Å²) in [4.78, 5) is 5.54. The van der Waals surface area contributed by atoms with Gasteiger partial charge in [0.1, 0.15) is 0 Å². The van der Waals surface area contributed by atoms with E-state index >= 15 is 0 Å². The molecule has 0 N–H and O–H groups in total. The lowest BCUT2D eigenvalue weighted by molar-refractivity contribution is 0.0711. The van der Waals surface area contributed by atoms with Crippen LogP contribution in [0.15, 0.2) is 0 Å². The molecule has 0 unspecified atom stereocenters. The van der Waals surface area contributed by atoms with Gasteiger partial charge in [0.25, 0.3) is 0 Å². The van der Waals surface area contributed by atoms with E-state index < -0.39 is 0 Å². The van der Waals surface area contributed by atoms with Gasteiger partial charge in [-0.2, -0.15) is 0 Å². The van der Waals surface area contributed by atoms with E-state index in [0.717, 1.165) is 11.8 Å². The number of nitrogens with zero attached hydrogens (tertiary/aromatic N) is 2. The van der Waals surface area contributed by atoms with Crippen molar-refractivity contribution in [1.82, 2.24) is 9.80 Å². The molecule has 2 aliphatic heterocycles. The number of hydrogen-bond acceptors (Lipinski definition) is 2. The molecule has 2 heteroatoms. The van der Waals surface area contributed by atoms with Crippen molar-refractivity contribution in [2.75, 3.05) is 39.3 Å². The first-order valence-corrected chi connectivity index (χ1v) is 12.2. The molecule has 160 valence electrons. The van der Waals surface area contributed by atoms with E-state index in [1.54, 1.807) is 0 Å². The largest absolute Gasteiger partial charge is 0.303 e. The predicted molar refractivity (Wildman–Crippen MR) is 120 cm³/mol. The molecule has 0 aliphatic carbocycles. The van der Waals surface area contributed by atoms with Crippen LogP contribution in [-0.4, -0.2) is 49.1 Å². The zero-order valence-corrected chi connectivity index (χ0v) is 19.7. The van der Waals surface area contributed by atoms with Gasteiger partial charge in [-0.25, -0.2) is 0 Å². The highest BCUT2D eigenvalue weighted by Gasteiger charge is 2.32. The van der Waals surface area contributed by atoms with Crippen molar-refractivity contribution < 1.29 is 0 Å². The Hall–Kier alpha value is -0.0800. The minimum absolute atomic E-state index is 0.529. The van der Waals surface area contributed by atoms with Gasteiger partial charge >= 0.3 is 0 Å². The van der Waals surface area contributed by atoms with Crippen LogP contribution in [0.25, 0.3) is 0 Å². The Morgan fingerprint density at radius 2 is 1.26 bits per heavy atom. The molecular weight excluding hydrogens is 328 g/mol. The molecule has 2 heterocycles. The van der Waals surface area contributed by atoms with Crippen LogP contribution >= 0.6 is 0 Å². The first-order valence-electron chi connectivity index (χ1n) is 12.2. The molecule has 0 aromatic rings. The third-order valence-corrected chi connectivity index (χ3v) is 7.84. The van der Waals surface area contributed by atoms with Gasteiger partial charge in [-0.1, -0.05) is 54.4 Å². The van der Waals surface area contributed by atoms with E-state index in [9.17, 15) is 0 Å². The molecule has 0 radical (unpaired) electrons. The van der Waals surface area contributed by atoms with Crippen molar-refractivity contribution in [3.05, 3.63) is 0 Å². The fourth-order valence-electron chi connectivity index (χ4n) is 5.77. The van der Waals surface area contributed by atoms with Crippen LogP contribution < -0.4 is 0 Å². The maximum absolute atomic E-state index is 2.79. The second-order valence-electron chi connectivity index (χ2n) is 11.3. The van der Waals surface area contributed by atoms with E-state index in [1.807, 2.05) is 0 Å². The van der Waals surface area contributed by atoms with Crippen molar-refractivity contribution in [3.8, 4) is 0 Å². The lowest BCUT2D eigenvalue weighted by atomic mass is 9.71. The zero-order chi connectivity index (χ0) is 19.9. The third-order valence-electron chi connectivity index (χ3n) is 7.84. The summed E-state index contributed by atoms with van der Waals surface area (Å²) in [6, 6.07) is 0. The van der Waals surface area contributed by atoms with Gasteiger partial charge in [-0.3, -0.25) is 0 Å². The fraction of sp³-hybridized carbons (Fsp3) is 1.00. The first kappa shape index (κ1) is 23.2. The number of piperidine rings is 2. The summed E-state index contributed by atoms with van der Waals surface area (Å²) < 4.78 is 0. The van der Waals surface area contributed by atoms with Crippen LogP contribution in [0.4, 0.5) is 0 Å². The van der Waals surface area contributed by atoms with E-state index in [4.69, 9.17) is 0 Å². The predicted octanol–water partition coefficient (Wildman–Crippen LogP) is 6.45. The minimum Gasteiger partial charge on any atom is -0.303 e. The molecule has 0 amide bonds. The van der Waals surface area contributed by atoms with Gasteiger partial charge in [0.15, 0.2) is 0 Å². The molecule has 2 fully saturated rings. The molecule has 0 aromatic heterocycles. The average Bonchev–Trinajstić information content (AvgIpc) is 2.62. The molecular formula is C25H50N2. The van der Waals surface area contributed by atoms with Crippen LogP contribution in [0.3, 0.4) is 0 Å². The van der Waals surface area contributed by atoms with Crippen LogP contribution in [-0.2, 0) is 0 Å². The van der Waals surface area contributed by atoms with Gasteiger partial charge in [-0.05, 0) is 100 Å². The second kappa shape index (κ2) is 10.6. The molecule has 2 rings (SSSR count). The van der Waals surface area contributed by atoms with Crippen molar-refractivity contribution in [1.29, 1.82) is 0 Å². The van der Waals surface area contributed by atoms with Gasteiger partial charge < -0.3 is 9.80 Å². The monoisotopic (exact) mass is 378 g/mol. The highest BCUT2D eigenvalue weighted by molar-refractivity contribution is 4.85. The summed E-state index contributed by atoms with van der Waals surface area (Å²) in [6.45, 7) is 22.7. The second-order valence-corrected chi connectivity index (χ2v) is 11.3. The van der Waals surface area contributed by atoms with Crippen molar-refractivity contribution in [2.45, 2.75) is 99.3 Å². The van der Waals surface area contributed by atoms with Crippen LogP contribution in [0.5, 0.6) is 0 Å². The van der Waals surface area contributed by atoms with E-state index in [2.05, 4.69) is 51.3 Å². The molecule has 2 saturated heterocycles. The Bertz CT molecular complexity index is 399. The Labute approximate surface area is 171 Å². The van der Waals surface area contributed by atoms with E-state index in [0.29, 0.717) is 10.8 Å². The zero-order valence-electron chi connectivity index (χ0n) is 19.7. The Kier molecular flexibility index (Phi) is 9.13. The summed E-state index contributed by atoms with van der Waals surface area (Å²) in [7, 11) is 0. The van der Waals surface area contributed by atoms with Gasteiger partial charge in [-0.15, -0.1) is 0 Å². The highest BCUT2D eigenvalue weighted by atomic mass is 15.2. The molecule has 2 aliphatic rings. The number of likely N-dealkylation sites (tertiary alicyclic amines) is 2. The molecule has 0 bridgehead atoms. The Morgan fingerprint density at radius 1 is 0.704 bits per heavy atom. The molecule has 27 heavy (non-hydrogen) atoms. The highest BCUT2D eigenvalue weighted by Crippen LogP contribution is 2.39. The Balaban J connectivity index is 1.64. The molecule has 2 nitrogen and oxygen atoms in total. The van der Waals surface area contributed by atoms with Crippen molar-refractivity contribution in [3.63, 3.8) is 0 Å². The lowest BCUT2D eigenvalue weighted by Gasteiger charge is -2.42. The summed E-state index contributed by atoms with van der Waals surface area (Å²) in [6.07, 6.45) is 12.5. The quantitative estimate of drug-likeness (QED) is 0.431. The molecule has 0 atom stereocenters. The van der Waals surface area contributed by atoms with Crippen LogP contribution in [0, 0.1) is 22.7 Å². The van der Waals surface area contributed by atoms with Gasteiger partial charge in [0, 0.05) is 6.54 Å². The third kappa shape index (κ3) is 7.69. The smallest absolute Gasteiger partial charge is 0.00106 e. The maximum Gasteiger partial charge on any atom is 0.00106 e. The van der Waals surface area contributed by atoms with Crippen molar-refractivity contribution in [2.24, 2.45) is 22.7 Å². The van der Waals surface area contributed by atoms with E-state index in [1.165, 1.54) is 97.1 Å². The molecule has 0 saturated carbocycles. The summed E-state index contributed by atoms with van der Waals surface area (Å²) in [5, 5.41) is 0. The summed E-state index contributed by atoms with van der Waals surface area (Å²) >= 11 is 0. The van der Waals surface area contributed by atoms with Crippen LogP contribution in [0.1, 0.15) is 99.3 Å². The lowest BCUT2D eigenvalue weighted by Crippen LogP contribution is -2.43. The van der Waals surface area contributed by atoms with Gasteiger partial charge in [0.2, 0.25) is 0 Å². The van der Waals surface area contributed by atoms with Gasteiger partial charge in [0.05, 0.1) is 0 Å². The van der Waals surface area contributed by atoms with E-state index in [-0.39, 0.29) is 0 Å². The molecule has 0 aromatic carbocycles. The average molecular weight is 379 g/mol. The van der Waals surface area contributed by atoms with Crippen LogP contribution in [0.2, 0.25) is 0 Å². The summed E-state index contributed by atoms with van der Waals surface area (Å²) in [5.74, 6) is 1.90. The SMILES string of the molecule is CCCC(C)(C)CCN1CCC(CN2CCC(C(C)(C)CCC)CC2)CC1. The standard InChI is InChI=1S/C25H50N2/c1-7-13-24(3,4)15-20-26-16-9-22(10-17-26)21-27-18-11-23(12-19-27)25(5,6)14-8-2/h22-23H,7-21H2,1-6H3. The maximum atomic E-state index is 2.79. The molecule has 0 spiro atoms. The number of rotatable bonds is 10. The summed E-state index contributed by atoms with van der Waals surface area (Å²) in [5.41, 5.74) is 1.08. The number of hydrogen-bond donors (Lipinski definition) is 0. The topological polar surface area (TPSA) is 6.48 Å². The van der Waals surface area contributed by atoms with Crippen molar-refractivity contribution >= 4 is 0 Å². The fourth-order valence-corrected chi connectivity index (χ4v) is 5.77. The first-order chi connectivity index (χ1) is 12.8.